The average Bonchev–Trinajstić information content (AvgIpc) is 3.52. The zero-order valence-electron chi connectivity index (χ0n) is 32.6. The van der Waals surface area contributed by atoms with E-state index in [0.29, 0.717) is 6.42 Å². The van der Waals surface area contributed by atoms with Crippen molar-refractivity contribution in [2.75, 3.05) is 13.2 Å². The fourth-order valence-electron chi connectivity index (χ4n) is 7.24. The maximum atomic E-state index is 14.4. The van der Waals surface area contributed by atoms with Crippen LogP contribution in [-0.4, -0.2) is 83.0 Å². The van der Waals surface area contributed by atoms with Crippen molar-refractivity contribution in [2.24, 2.45) is 23.5 Å². The monoisotopic (exact) mass is 758 g/mol. The molecule has 1 saturated heterocycles. The first-order chi connectivity index (χ1) is 25.4. The first kappa shape index (κ1) is 44.2. The predicted octanol–water partition coefficient (Wildman–Crippen LogP) is 4.88. The van der Waals surface area contributed by atoms with E-state index in [4.69, 9.17) is 15.2 Å². The Morgan fingerprint density at radius 1 is 1.00 bits per heavy atom. The average molecular weight is 759 g/mol. The van der Waals surface area contributed by atoms with Crippen LogP contribution in [0.15, 0.2) is 24.3 Å². The van der Waals surface area contributed by atoms with Gasteiger partial charge in [0.15, 0.2) is 11.6 Å². The summed E-state index contributed by atoms with van der Waals surface area (Å²) in [4.78, 5) is 94.2. The quantitative estimate of drug-likeness (QED) is 0.165. The SMILES string of the molecule is CCCC(CC(=O)[C@@H]1C[C@@H](OC(C)(C)C)CN1C(=O)[C@@H](NC(=O)OCC(C)C)C1CCCCC1)C(=O)C(=O)CCC(=O)NC(C(N)=O)c1cccc(F)c1. The summed E-state index contributed by atoms with van der Waals surface area (Å²) in [7, 11) is 0. The molecule has 2 fully saturated rings. The molecule has 1 aliphatic carbocycles. The van der Waals surface area contributed by atoms with E-state index < -0.39 is 95.6 Å². The van der Waals surface area contributed by atoms with Crippen LogP contribution in [0.4, 0.5) is 9.18 Å². The van der Waals surface area contributed by atoms with E-state index in [2.05, 4.69) is 10.6 Å². The highest BCUT2D eigenvalue weighted by molar-refractivity contribution is 6.38. The van der Waals surface area contributed by atoms with E-state index in [1.54, 1.807) is 0 Å². The smallest absolute Gasteiger partial charge is 0.407 e. The zero-order valence-corrected chi connectivity index (χ0v) is 32.6. The maximum Gasteiger partial charge on any atom is 0.407 e. The lowest BCUT2D eigenvalue weighted by Gasteiger charge is -2.34. The minimum atomic E-state index is -1.34. The van der Waals surface area contributed by atoms with E-state index in [-0.39, 0.29) is 49.8 Å². The number of ether oxygens (including phenoxy) is 2. The van der Waals surface area contributed by atoms with E-state index in [0.717, 1.165) is 38.2 Å². The number of nitrogens with two attached hydrogens (primary N) is 1. The van der Waals surface area contributed by atoms with Crippen molar-refractivity contribution in [3.63, 3.8) is 0 Å². The third-order valence-corrected chi connectivity index (χ3v) is 9.73. The molecular weight excluding hydrogens is 699 g/mol. The van der Waals surface area contributed by atoms with Crippen LogP contribution >= 0.6 is 0 Å². The van der Waals surface area contributed by atoms with Crippen molar-refractivity contribution < 1.29 is 47.4 Å². The summed E-state index contributed by atoms with van der Waals surface area (Å²) in [5.41, 5.74) is 4.97. The van der Waals surface area contributed by atoms with Crippen LogP contribution in [0.5, 0.6) is 0 Å². The molecule has 4 N–H and O–H groups in total. The molecule has 3 rings (SSSR count). The van der Waals surface area contributed by atoms with Gasteiger partial charge in [-0.3, -0.25) is 28.8 Å². The topological polar surface area (TPSA) is 191 Å². The number of nitrogens with one attached hydrogen (secondary N) is 2. The van der Waals surface area contributed by atoms with Gasteiger partial charge in [0.1, 0.15) is 17.9 Å². The molecule has 54 heavy (non-hydrogen) atoms. The lowest BCUT2D eigenvalue weighted by atomic mass is 9.83. The Hall–Kier alpha value is -4.20. The molecule has 14 heteroatoms. The van der Waals surface area contributed by atoms with Crippen molar-refractivity contribution in [3.8, 4) is 0 Å². The summed E-state index contributed by atoms with van der Waals surface area (Å²) < 4.78 is 25.3. The number of likely N-dealkylation sites (tertiary alicyclic amines) is 1. The number of ketones is 3. The van der Waals surface area contributed by atoms with Gasteiger partial charge in [0.05, 0.1) is 24.4 Å². The third kappa shape index (κ3) is 13.6. The van der Waals surface area contributed by atoms with Gasteiger partial charge in [0.25, 0.3) is 0 Å². The Balaban J connectivity index is 1.76. The second-order valence-corrected chi connectivity index (χ2v) is 16.0. The van der Waals surface area contributed by atoms with Gasteiger partial charge in [-0.05, 0) is 69.6 Å². The van der Waals surface area contributed by atoms with Crippen LogP contribution in [0.1, 0.15) is 124 Å². The Morgan fingerprint density at radius 3 is 2.28 bits per heavy atom. The summed E-state index contributed by atoms with van der Waals surface area (Å²) in [6.45, 7) is 11.6. The summed E-state index contributed by atoms with van der Waals surface area (Å²) in [6.07, 6.45) is 2.79. The lowest BCUT2D eigenvalue weighted by Crippen LogP contribution is -2.55. The van der Waals surface area contributed by atoms with Crippen LogP contribution in [0, 0.1) is 23.6 Å². The molecule has 0 radical (unpaired) electrons. The molecule has 1 aromatic carbocycles. The Bertz CT molecular complexity index is 1500. The van der Waals surface area contributed by atoms with Crippen LogP contribution in [0.25, 0.3) is 0 Å². The number of alkyl carbamates (subject to hydrolysis) is 1. The maximum absolute atomic E-state index is 14.4. The van der Waals surface area contributed by atoms with Crippen LogP contribution in [0.3, 0.4) is 0 Å². The van der Waals surface area contributed by atoms with E-state index in [1.165, 1.54) is 23.1 Å². The number of halogens is 1. The summed E-state index contributed by atoms with van der Waals surface area (Å²) in [6, 6.07) is 1.80. The van der Waals surface area contributed by atoms with Crippen molar-refractivity contribution >= 4 is 41.2 Å². The molecule has 0 aromatic heterocycles. The molecular formula is C40H59FN4O9. The molecule has 2 aliphatic rings. The standard InChI is InChI=1S/C40H59FN4O9/c1-7-12-27(36(49)31(46)17-18-33(48)43-34(37(42)50)26-15-11-16-28(41)19-26)20-32(47)30-21-29(54-40(4,5)6)22-45(30)38(51)35(25-13-9-8-10-14-25)44-39(52)53-23-24(2)3/h11,15-16,19,24-25,27,29-30,34-35H,7-10,12-14,17-18,20-23H2,1-6H3,(H2,42,50)(H,43,48)(H,44,52)/t27?,29-,30+,34?,35+/m1/s1. The van der Waals surface area contributed by atoms with Gasteiger partial charge in [-0.25, -0.2) is 9.18 Å². The number of rotatable bonds is 19. The molecule has 1 saturated carbocycles. The molecule has 4 amide bonds. The number of primary amides is 1. The van der Waals surface area contributed by atoms with Crippen LogP contribution in [0.2, 0.25) is 0 Å². The number of carbonyl (C=O) groups is 7. The first-order valence-electron chi connectivity index (χ1n) is 19.3. The molecule has 0 spiro atoms. The first-order valence-corrected chi connectivity index (χ1v) is 19.3. The summed E-state index contributed by atoms with van der Waals surface area (Å²) in [5.74, 6) is -5.80. The van der Waals surface area contributed by atoms with Gasteiger partial charge < -0.3 is 30.7 Å². The highest BCUT2D eigenvalue weighted by Gasteiger charge is 2.46. The number of Topliss-reactive ketones (excluding diaryl/α,β-unsaturated/α-hetero) is 3. The number of benzene rings is 1. The number of hydrogen-bond acceptors (Lipinski definition) is 9. The molecule has 2 unspecified atom stereocenters. The van der Waals surface area contributed by atoms with E-state index in [1.807, 2.05) is 41.5 Å². The molecule has 0 bridgehead atoms. The molecule has 5 atom stereocenters. The Kier molecular flexibility index (Phi) is 16.8. The normalized spacial score (nSPS) is 19.4. The molecule has 300 valence electrons. The minimum absolute atomic E-state index is 0.0965. The number of amides is 4. The highest BCUT2D eigenvalue weighted by atomic mass is 19.1. The van der Waals surface area contributed by atoms with Gasteiger partial charge in [0.2, 0.25) is 23.5 Å². The molecule has 1 aromatic rings. The second-order valence-electron chi connectivity index (χ2n) is 16.0. The predicted molar refractivity (Wildman–Crippen MR) is 198 cm³/mol. The van der Waals surface area contributed by atoms with Gasteiger partial charge >= 0.3 is 6.09 Å². The fourth-order valence-corrected chi connectivity index (χ4v) is 7.24. The largest absolute Gasteiger partial charge is 0.449 e. The molecule has 13 nitrogen and oxygen atoms in total. The van der Waals surface area contributed by atoms with Gasteiger partial charge in [-0.2, -0.15) is 0 Å². The minimum Gasteiger partial charge on any atom is -0.449 e. The third-order valence-electron chi connectivity index (χ3n) is 9.73. The summed E-state index contributed by atoms with van der Waals surface area (Å²) >= 11 is 0. The Morgan fingerprint density at radius 2 is 1.69 bits per heavy atom. The van der Waals surface area contributed by atoms with Gasteiger partial charge in [-0.1, -0.05) is 58.6 Å². The molecule has 1 aliphatic heterocycles. The number of nitrogens with zero attached hydrogens (tertiary/aromatic N) is 1. The lowest BCUT2D eigenvalue weighted by molar-refractivity contribution is -0.143. The van der Waals surface area contributed by atoms with Crippen molar-refractivity contribution in [1.29, 1.82) is 0 Å². The van der Waals surface area contributed by atoms with Crippen LogP contribution in [-0.2, 0) is 38.2 Å². The summed E-state index contributed by atoms with van der Waals surface area (Å²) in [5, 5.41) is 5.20. The molecule has 1 heterocycles. The number of carbonyl (C=O) groups excluding carboxylic acids is 7. The highest BCUT2D eigenvalue weighted by Crippen LogP contribution is 2.32. The van der Waals surface area contributed by atoms with E-state index >= 15 is 0 Å². The number of hydrogen-bond donors (Lipinski definition) is 3. The van der Waals surface area contributed by atoms with Crippen molar-refractivity contribution in [3.05, 3.63) is 35.6 Å². The van der Waals surface area contributed by atoms with Gasteiger partial charge in [-0.15, -0.1) is 0 Å². The van der Waals surface area contributed by atoms with Crippen molar-refractivity contribution in [1.82, 2.24) is 15.5 Å². The van der Waals surface area contributed by atoms with Gasteiger partial charge in [0, 0.05) is 38.1 Å². The second kappa shape index (κ2) is 20.5. The van der Waals surface area contributed by atoms with Crippen molar-refractivity contribution in [2.45, 2.75) is 142 Å². The fraction of sp³-hybridized carbons (Fsp3) is 0.675. The zero-order chi connectivity index (χ0) is 40.2. The van der Waals surface area contributed by atoms with Crippen LogP contribution < -0.4 is 16.4 Å². The van der Waals surface area contributed by atoms with E-state index in [9.17, 15) is 38.0 Å². The Labute approximate surface area is 318 Å².